The fourth-order valence-corrected chi connectivity index (χ4v) is 2.73. The Morgan fingerprint density at radius 1 is 1.17 bits per heavy atom. The van der Waals surface area contributed by atoms with Gasteiger partial charge in [0.25, 0.3) is 0 Å². The summed E-state index contributed by atoms with van der Waals surface area (Å²) >= 11 is 0. The highest BCUT2D eigenvalue weighted by atomic mass is 16.5. The Morgan fingerprint density at radius 3 is 2.61 bits per heavy atom. The van der Waals surface area contributed by atoms with Gasteiger partial charge in [-0.1, -0.05) is 42.5 Å². The second kappa shape index (κ2) is 7.29. The summed E-state index contributed by atoms with van der Waals surface area (Å²) in [7, 11) is 1.65. The first-order valence-corrected chi connectivity index (χ1v) is 7.83. The Bertz CT molecular complexity index is 639. The van der Waals surface area contributed by atoms with Gasteiger partial charge in [-0.15, -0.1) is 0 Å². The lowest BCUT2D eigenvalue weighted by Crippen LogP contribution is -2.28. The lowest BCUT2D eigenvalue weighted by Gasteiger charge is -2.14. The van der Waals surface area contributed by atoms with Crippen LogP contribution in [0.2, 0.25) is 0 Å². The van der Waals surface area contributed by atoms with Crippen LogP contribution >= 0.6 is 0 Å². The molecular formula is C19H21NO3. The third-order valence-corrected chi connectivity index (χ3v) is 4.13. The van der Waals surface area contributed by atoms with Crippen molar-refractivity contribution in [2.75, 3.05) is 20.4 Å². The molecular weight excluding hydrogens is 290 g/mol. The third-order valence-electron chi connectivity index (χ3n) is 4.13. The van der Waals surface area contributed by atoms with Crippen molar-refractivity contribution in [2.45, 2.75) is 18.9 Å². The summed E-state index contributed by atoms with van der Waals surface area (Å²) in [6.45, 7) is 1.01. The van der Waals surface area contributed by atoms with E-state index in [1.807, 2.05) is 54.6 Å². The summed E-state index contributed by atoms with van der Waals surface area (Å²) in [5.41, 5.74) is 2.26. The maximum Gasteiger partial charge on any atom is 0.224 e. The Morgan fingerprint density at radius 2 is 1.91 bits per heavy atom. The molecule has 1 unspecified atom stereocenters. The van der Waals surface area contributed by atoms with Gasteiger partial charge < -0.3 is 14.4 Å². The van der Waals surface area contributed by atoms with Gasteiger partial charge in [-0.25, -0.2) is 0 Å². The molecule has 0 saturated carbocycles. The minimum Gasteiger partial charge on any atom is -0.497 e. The van der Waals surface area contributed by atoms with Crippen LogP contribution in [0.4, 0.5) is 0 Å². The maximum atomic E-state index is 12.3. The van der Waals surface area contributed by atoms with Gasteiger partial charge in [-0.3, -0.25) is 4.79 Å². The molecule has 3 rings (SSSR count). The van der Waals surface area contributed by atoms with E-state index in [9.17, 15) is 4.79 Å². The van der Waals surface area contributed by atoms with Gasteiger partial charge in [0, 0.05) is 6.42 Å². The number of nitrogens with zero attached hydrogens (tertiary/aromatic N) is 1. The molecule has 0 bridgehead atoms. The lowest BCUT2D eigenvalue weighted by molar-refractivity contribution is -0.131. The van der Waals surface area contributed by atoms with E-state index in [4.69, 9.17) is 9.47 Å². The molecule has 4 heteroatoms. The van der Waals surface area contributed by atoms with Crippen molar-refractivity contribution >= 4 is 5.91 Å². The molecule has 1 atom stereocenters. The fraction of sp³-hybridized carbons (Fsp3) is 0.316. The van der Waals surface area contributed by atoms with Crippen LogP contribution in [-0.2, 0) is 16.0 Å². The molecule has 2 aromatic rings. The number of hydrogen-bond acceptors (Lipinski definition) is 3. The van der Waals surface area contributed by atoms with Crippen molar-refractivity contribution in [3.8, 4) is 5.75 Å². The van der Waals surface area contributed by atoms with E-state index in [-0.39, 0.29) is 12.0 Å². The Labute approximate surface area is 136 Å². The smallest absolute Gasteiger partial charge is 0.224 e. The van der Waals surface area contributed by atoms with Crippen molar-refractivity contribution in [3.63, 3.8) is 0 Å². The summed E-state index contributed by atoms with van der Waals surface area (Å²) in [5, 5.41) is 0. The van der Waals surface area contributed by atoms with Crippen LogP contribution in [0, 0.1) is 0 Å². The highest BCUT2D eigenvalue weighted by Gasteiger charge is 2.27. The summed E-state index contributed by atoms with van der Waals surface area (Å²) in [4.78, 5) is 14.1. The molecule has 1 aliphatic rings. The first kappa shape index (κ1) is 15.6. The number of ether oxygens (including phenoxy) is 2. The Balaban J connectivity index is 1.51. The van der Waals surface area contributed by atoms with Crippen molar-refractivity contribution in [3.05, 3.63) is 65.7 Å². The molecule has 120 valence electrons. The van der Waals surface area contributed by atoms with Gasteiger partial charge in [-0.2, -0.15) is 0 Å². The number of carbonyl (C=O) groups excluding carboxylic acids is 1. The van der Waals surface area contributed by atoms with Gasteiger partial charge in [0.15, 0.2) is 0 Å². The number of carbonyl (C=O) groups is 1. The summed E-state index contributed by atoms with van der Waals surface area (Å²) in [6, 6.07) is 17.9. The standard InChI is InChI=1S/C19H21NO3/c1-22-17-10-7-15(8-11-17)9-12-19(21)20-13-18(23-14-20)16-5-3-2-4-6-16/h2-8,10-11,18H,9,12-14H2,1H3. The summed E-state index contributed by atoms with van der Waals surface area (Å²) in [5.74, 6) is 0.970. The molecule has 0 aliphatic carbocycles. The molecule has 1 saturated heterocycles. The Hall–Kier alpha value is -2.33. The van der Waals surface area contributed by atoms with Crippen LogP contribution in [0.3, 0.4) is 0 Å². The minimum atomic E-state index is -0.0128. The molecule has 0 spiro atoms. The van der Waals surface area contributed by atoms with Crippen LogP contribution in [-0.4, -0.2) is 31.2 Å². The van der Waals surface area contributed by atoms with E-state index in [0.717, 1.165) is 23.3 Å². The molecule has 1 fully saturated rings. The Kier molecular flexibility index (Phi) is 4.93. The second-order valence-electron chi connectivity index (χ2n) is 5.66. The third kappa shape index (κ3) is 3.90. The predicted molar refractivity (Wildman–Crippen MR) is 88.2 cm³/mol. The van der Waals surface area contributed by atoms with E-state index in [1.54, 1.807) is 12.0 Å². The number of aryl methyl sites for hydroxylation is 1. The first-order chi connectivity index (χ1) is 11.3. The van der Waals surface area contributed by atoms with Gasteiger partial charge in [0.1, 0.15) is 18.6 Å². The quantitative estimate of drug-likeness (QED) is 0.851. The SMILES string of the molecule is COc1ccc(CCC(=O)N2COC(c3ccccc3)C2)cc1. The first-order valence-electron chi connectivity index (χ1n) is 7.83. The van der Waals surface area contributed by atoms with Crippen molar-refractivity contribution in [1.29, 1.82) is 0 Å². The molecule has 0 radical (unpaired) electrons. The normalized spacial score (nSPS) is 17.3. The fourth-order valence-electron chi connectivity index (χ4n) is 2.73. The van der Waals surface area contributed by atoms with E-state index < -0.39 is 0 Å². The minimum absolute atomic E-state index is 0.0128. The van der Waals surface area contributed by atoms with Crippen LogP contribution < -0.4 is 4.74 Å². The number of benzene rings is 2. The average Bonchev–Trinajstić information content (AvgIpc) is 3.11. The lowest BCUT2D eigenvalue weighted by atomic mass is 10.1. The highest BCUT2D eigenvalue weighted by Crippen LogP contribution is 2.25. The summed E-state index contributed by atoms with van der Waals surface area (Å²) in [6.07, 6.45) is 1.22. The van der Waals surface area contributed by atoms with Crippen LogP contribution in [0.15, 0.2) is 54.6 Å². The molecule has 1 amide bonds. The predicted octanol–water partition coefficient (Wildman–Crippen LogP) is 3.19. The van der Waals surface area contributed by atoms with Gasteiger partial charge in [-0.05, 0) is 29.7 Å². The van der Waals surface area contributed by atoms with Crippen molar-refractivity contribution < 1.29 is 14.3 Å². The zero-order valence-electron chi connectivity index (χ0n) is 13.3. The van der Waals surface area contributed by atoms with Gasteiger partial charge in [0.05, 0.1) is 13.7 Å². The van der Waals surface area contributed by atoms with Crippen molar-refractivity contribution in [1.82, 2.24) is 4.90 Å². The van der Waals surface area contributed by atoms with E-state index in [2.05, 4.69) is 0 Å². The number of amides is 1. The van der Waals surface area contributed by atoms with Gasteiger partial charge in [0.2, 0.25) is 5.91 Å². The molecule has 1 aliphatic heterocycles. The molecule has 2 aromatic carbocycles. The zero-order valence-corrected chi connectivity index (χ0v) is 13.3. The van der Waals surface area contributed by atoms with E-state index in [1.165, 1.54) is 0 Å². The maximum absolute atomic E-state index is 12.3. The van der Waals surface area contributed by atoms with Crippen LogP contribution in [0.25, 0.3) is 0 Å². The van der Waals surface area contributed by atoms with Crippen LogP contribution in [0.5, 0.6) is 5.75 Å². The second-order valence-corrected chi connectivity index (χ2v) is 5.66. The molecule has 0 N–H and O–H groups in total. The van der Waals surface area contributed by atoms with Crippen molar-refractivity contribution in [2.24, 2.45) is 0 Å². The monoisotopic (exact) mass is 311 g/mol. The number of hydrogen-bond donors (Lipinski definition) is 0. The van der Waals surface area contributed by atoms with Gasteiger partial charge >= 0.3 is 0 Å². The summed E-state index contributed by atoms with van der Waals surface area (Å²) < 4.78 is 10.9. The van der Waals surface area contributed by atoms with E-state index in [0.29, 0.717) is 19.7 Å². The average molecular weight is 311 g/mol. The van der Waals surface area contributed by atoms with Crippen LogP contribution in [0.1, 0.15) is 23.7 Å². The van der Waals surface area contributed by atoms with E-state index >= 15 is 0 Å². The highest BCUT2D eigenvalue weighted by molar-refractivity contribution is 5.76. The molecule has 4 nitrogen and oxygen atoms in total. The molecule has 1 heterocycles. The number of rotatable bonds is 5. The zero-order chi connectivity index (χ0) is 16.1. The largest absolute Gasteiger partial charge is 0.497 e. The number of methoxy groups -OCH3 is 1. The molecule has 0 aromatic heterocycles. The topological polar surface area (TPSA) is 38.8 Å². The molecule has 23 heavy (non-hydrogen) atoms.